The van der Waals surface area contributed by atoms with Crippen LogP contribution in [-0.2, 0) is 0 Å². The van der Waals surface area contributed by atoms with E-state index in [2.05, 4.69) is 47.2 Å². The van der Waals surface area contributed by atoms with E-state index in [9.17, 15) is 4.79 Å². The molecule has 0 fully saturated rings. The largest absolute Gasteiger partial charge is 0.451 e. The molecular weight excluding hydrogens is 378 g/mol. The number of carbonyl (C=O) groups excluding carboxylic acids is 1. The molecule has 128 valence electrons. The van der Waals surface area contributed by atoms with Gasteiger partial charge in [0.25, 0.3) is 5.91 Å². The van der Waals surface area contributed by atoms with Gasteiger partial charge in [-0.15, -0.1) is 0 Å². The van der Waals surface area contributed by atoms with E-state index in [0.717, 1.165) is 26.9 Å². The Hall–Kier alpha value is -2.33. The SMILES string of the molecule is Cc1ccc(-c2ccc(C(=O)Nc3c(C)cc(Br)cc3C)o2)cc1C. The third-order valence-corrected chi connectivity index (χ3v) is 4.82. The predicted octanol–water partition coefficient (Wildman–Crippen LogP) is 6.20. The zero-order valence-corrected chi connectivity index (χ0v) is 16.3. The summed E-state index contributed by atoms with van der Waals surface area (Å²) >= 11 is 3.47. The summed E-state index contributed by atoms with van der Waals surface area (Å²) in [5.74, 6) is 0.746. The van der Waals surface area contributed by atoms with Gasteiger partial charge in [-0.05, 0) is 80.3 Å². The summed E-state index contributed by atoms with van der Waals surface area (Å²) in [4.78, 5) is 12.6. The Morgan fingerprint density at radius 1 is 0.880 bits per heavy atom. The average Bonchev–Trinajstić information content (AvgIpc) is 3.03. The van der Waals surface area contributed by atoms with Crippen LogP contribution in [0.1, 0.15) is 32.8 Å². The molecule has 0 aliphatic rings. The lowest BCUT2D eigenvalue weighted by molar-refractivity contribution is 0.0997. The molecule has 1 heterocycles. The fraction of sp³-hybridized carbons (Fsp3) is 0.190. The number of hydrogen-bond acceptors (Lipinski definition) is 2. The van der Waals surface area contributed by atoms with Gasteiger partial charge in [-0.1, -0.05) is 28.1 Å². The zero-order valence-electron chi connectivity index (χ0n) is 14.7. The van der Waals surface area contributed by atoms with Crippen molar-refractivity contribution in [1.82, 2.24) is 0 Å². The van der Waals surface area contributed by atoms with Gasteiger partial charge in [-0.2, -0.15) is 0 Å². The minimum Gasteiger partial charge on any atom is -0.451 e. The molecule has 0 saturated carbocycles. The van der Waals surface area contributed by atoms with Gasteiger partial charge in [0, 0.05) is 15.7 Å². The van der Waals surface area contributed by atoms with Crippen LogP contribution in [0.15, 0.2) is 51.4 Å². The number of amides is 1. The number of rotatable bonds is 3. The summed E-state index contributed by atoms with van der Waals surface area (Å²) in [6.45, 7) is 8.07. The highest BCUT2D eigenvalue weighted by Gasteiger charge is 2.15. The second-order valence-corrected chi connectivity index (χ2v) is 7.25. The molecular formula is C21H20BrNO2. The van der Waals surface area contributed by atoms with Crippen LogP contribution in [0, 0.1) is 27.7 Å². The number of furan rings is 1. The van der Waals surface area contributed by atoms with E-state index < -0.39 is 0 Å². The normalized spacial score (nSPS) is 10.8. The van der Waals surface area contributed by atoms with E-state index >= 15 is 0 Å². The first-order valence-corrected chi connectivity index (χ1v) is 8.90. The minimum atomic E-state index is -0.247. The number of hydrogen-bond donors (Lipinski definition) is 1. The first-order chi connectivity index (χ1) is 11.8. The molecule has 3 nitrogen and oxygen atoms in total. The Labute approximate surface area is 156 Å². The maximum Gasteiger partial charge on any atom is 0.291 e. The second-order valence-electron chi connectivity index (χ2n) is 6.33. The van der Waals surface area contributed by atoms with Gasteiger partial charge in [-0.3, -0.25) is 4.79 Å². The van der Waals surface area contributed by atoms with Crippen LogP contribution in [0.25, 0.3) is 11.3 Å². The molecule has 0 bridgehead atoms. The fourth-order valence-corrected chi connectivity index (χ4v) is 3.48. The van der Waals surface area contributed by atoms with Crippen molar-refractivity contribution in [2.75, 3.05) is 5.32 Å². The molecule has 1 aromatic heterocycles. The van der Waals surface area contributed by atoms with Crippen molar-refractivity contribution < 1.29 is 9.21 Å². The van der Waals surface area contributed by atoms with Crippen molar-refractivity contribution in [1.29, 1.82) is 0 Å². The lowest BCUT2D eigenvalue weighted by Gasteiger charge is -2.11. The number of anilines is 1. The first-order valence-electron chi connectivity index (χ1n) is 8.10. The van der Waals surface area contributed by atoms with E-state index in [4.69, 9.17) is 4.42 Å². The lowest BCUT2D eigenvalue weighted by Crippen LogP contribution is -2.13. The Morgan fingerprint density at radius 2 is 1.56 bits per heavy atom. The van der Waals surface area contributed by atoms with Crippen LogP contribution in [0.2, 0.25) is 0 Å². The number of aryl methyl sites for hydroxylation is 4. The van der Waals surface area contributed by atoms with Crippen molar-refractivity contribution in [3.63, 3.8) is 0 Å². The summed E-state index contributed by atoms with van der Waals surface area (Å²) in [6.07, 6.45) is 0. The van der Waals surface area contributed by atoms with Gasteiger partial charge in [0.15, 0.2) is 5.76 Å². The van der Waals surface area contributed by atoms with Crippen molar-refractivity contribution >= 4 is 27.5 Å². The molecule has 0 aliphatic heterocycles. The molecule has 0 spiro atoms. The van der Waals surface area contributed by atoms with Crippen molar-refractivity contribution in [2.24, 2.45) is 0 Å². The summed E-state index contributed by atoms with van der Waals surface area (Å²) in [5.41, 5.74) is 6.22. The maximum atomic E-state index is 12.6. The molecule has 0 atom stereocenters. The summed E-state index contributed by atoms with van der Waals surface area (Å²) in [7, 11) is 0. The summed E-state index contributed by atoms with van der Waals surface area (Å²) in [6, 6.07) is 13.6. The van der Waals surface area contributed by atoms with Crippen molar-refractivity contribution in [2.45, 2.75) is 27.7 Å². The number of halogens is 1. The molecule has 4 heteroatoms. The third kappa shape index (κ3) is 3.69. The van der Waals surface area contributed by atoms with Crippen LogP contribution in [0.5, 0.6) is 0 Å². The highest BCUT2D eigenvalue weighted by Crippen LogP contribution is 2.27. The van der Waals surface area contributed by atoms with Crippen LogP contribution in [0.3, 0.4) is 0 Å². The van der Waals surface area contributed by atoms with Crippen LogP contribution in [0.4, 0.5) is 5.69 Å². The van der Waals surface area contributed by atoms with Gasteiger partial charge >= 0.3 is 0 Å². The molecule has 2 aromatic carbocycles. The van der Waals surface area contributed by atoms with Gasteiger partial charge in [0.05, 0.1) is 0 Å². The van der Waals surface area contributed by atoms with Crippen LogP contribution < -0.4 is 5.32 Å². The van der Waals surface area contributed by atoms with Crippen LogP contribution in [-0.4, -0.2) is 5.91 Å². The average molecular weight is 398 g/mol. The molecule has 0 aliphatic carbocycles. The van der Waals surface area contributed by atoms with Gasteiger partial charge in [-0.25, -0.2) is 0 Å². The van der Waals surface area contributed by atoms with E-state index in [-0.39, 0.29) is 5.91 Å². The Balaban J connectivity index is 1.85. The Morgan fingerprint density at radius 3 is 2.20 bits per heavy atom. The highest BCUT2D eigenvalue weighted by molar-refractivity contribution is 9.10. The third-order valence-electron chi connectivity index (χ3n) is 4.36. The van der Waals surface area contributed by atoms with Crippen molar-refractivity contribution in [3.8, 4) is 11.3 Å². The molecule has 3 aromatic rings. The molecule has 1 N–H and O–H groups in total. The predicted molar refractivity (Wildman–Crippen MR) is 105 cm³/mol. The van der Waals surface area contributed by atoms with Gasteiger partial charge in [0.1, 0.15) is 5.76 Å². The zero-order chi connectivity index (χ0) is 18.1. The van der Waals surface area contributed by atoms with Gasteiger partial charge < -0.3 is 9.73 Å². The Kier molecular flexibility index (Phi) is 4.82. The Bertz CT molecular complexity index is 933. The topological polar surface area (TPSA) is 42.2 Å². The fourth-order valence-electron chi connectivity index (χ4n) is 2.79. The molecule has 0 saturated heterocycles. The summed E-state index contributed by atoms with van der Waals surface area (Å²) in [5, 5.41) is 2.95. The summed E-state index contributed by atoms with van der Waals surface area (Å²) < 4.78 is 6.78. The minimum absolute atomic E-state index is 0.247. The number of carbonyl (C=O) groups is 1. The highest BCUT2D eigenvalue weighted by atomic mass is 79.9. The molecule has 1 amide bonds. The molecule has 25 heavy (non-hydrogen) atoms. The molecule has 3 rings (SSSR count). The monoisotopic (exact) mass is 397 g/mol. The molecule has 0 radical (unpaired) electrons. The van der Waals surface area contributed by atoms with Crippen LogP contribution >= 0.6 is 15.9 Å². The second kappa shape index (κ2) is 6.89. The maximum absolute atomic E-state index is 12.6. The first kappa shape index (κ1) is 17.5. The number of nitrogens with one attached hydrogen (secondary N) is 1. The van der Waals surface area contributed by atoms with E-state index in [1.807, 2.05) is 38.1 Å². The number of benzene rings is 2. The quantitative estimate of drug-likeness (QED) is 0.571. The van der Waals surface area contributed by atoms with E-state index in [1.165, 1.54) is 11.1 Å². The lowest BCUT2D eigenvalue weighted by atomic mass is 10.1. The van der Waals surface area contributed by atoms with Crippen molar-refractivity contribution in [3.05, 3.63) is 75.0 Å². The molecule has 0 unspecified atom stereocenters. The van der Waals surface area contributed by atoms with E-state index in [0.29, 0.717) is 11.5 Å². The van der Waals surface area contributed by atoms with Gasteiger partial charge in [0.2, 0.25) is 0 Å². The standard InChI is InChI=1S/C21H20BrNO2/c1-12-5-6-16(9-13(12)2)18-7-8-19(25-18)21(24)23-20-14(3)10-17(22)11-15(20)4/h5-11H,1-4H3,(H,23,24). The smallest absolute Gasteiger partial charge is 0.291 e. The van der Waals surface area contributed by atoms with E-state index in [1.54, 1.807) is 6.07 Å².